The first kappa shape index (κ1) is 20.2. The van der Waals surface area contributed by atoms with Crippen molar-refractivity contribution < 1.29 is 13.2 Å². The maximum absolute atomic E-state index is 12.1. The Bertz CT molecular complexity index is 1050. The van der Waals surface area contributed by atoms with Crippen molar-refractivity contribution in [2.24, 2.45) is 5.10 Å². The van der Waals surface area contributed by atoms with Crippen molar-refractivity contribution in [1.29, 1.82) is 0 Å². The topological polar surface area (TPSA) is 67.8 Å². The summed E-state index contributed by atoms with van der Waals surface area (Å²) in [5.41, 5.74) is 1.42. The van der Waals surface area contributed by atoms with Gasteiger partial charge in [-0.1, -0.05) is 47.5 Å². The van der Waals surface area contributed by atoms with Crippen LogP contribution in [0.4, 0.5) is 0 Å². The lowest BCUT2D eigenvalue weighted by molar-refractivity contribution is 0.306. The third-order valence-electron chi connectivity index (χ3n) is 3.76. The van der Waals surface area contributed by atoms with Gasteiger partial charge in [-0.3, -0.25) is 0 Å². The summed E-state index contributed by atoms with van der Waals surface area (Å²) in [7, 11) is -3.68. The number of benzene rings is 3. The Labute approximate surface area is 173 Å². The van der Waals surface area contributed by atoms with Crippen LogP contribution in [0, 0.1) is 0 Å². The summed E-state index contributed by atoms with van der Waals surface area (Å²) >= 11 is 12.2. The van der Waals surface area contributed by atoms with E-state index in [9.17, 15) is 8.42 Å². The predicted octanol–water partition coefficient (Wildman–Crippen LogP) is 4.88. The van der Waals surface area contributed by atoms with Crippen LogP contribution in [-0.2, 0) is 16.6 Å². The summed E-state index contributed by atoms with van der Waals surface area (Å²) in [5.74, 6) is 0.623. The summed E-state index contributed by atoms with van der Waals surface area (Å²) in [5, 5.41) is 4.88. The average molecular weight is 435 g/mol. The van der Waals surface area contributed by atoms with Crippen molar-refractivity contribution in [3.63, 3.8) is 0 Å². The highest BCUT2D eigenvalue weighted by Gasteiger charge is 2.11. The van der Waals surface area contributed by atoms with Crippen LogP contribution in [0.3, 0.4) is 0 Å². The van der Waals surface area contributed by atoms with Gasteiger partial charge in [-0.2, -0.15) is 13.5 Å². The number of sulfonamides is 1. The second-order valence-corrected chi connectivity index (χ2v) is 8.20. The van der Waals surface area contributed by atoms with Gasteiger partial charge in [0, 0.05) is 15.6 Å². The second kappa shape index (κ2) is 9.10. The van der Waals surface area contributed by atoms with E-state index < -0.39 is 10.0 Å². The molecule has 0 saturated carbocycles. The van der Waals surface area contributed by atoms with Crippen LogP contribution in [0.1, 0.15) is 11.1 Å². The molecule has 0 fully saturated rings. The fourth-order valence-electron chi connectivity index (χ4n) is 2.30. The number of ether oxygens (including phenoxy) is 1. The highest BCUT2D eigenvalue weighted by Crippen LogP contribution is 2.25. The normalized spacial score (nSPS) is 11.5. The van der Waals surface area contributed by atoms with Crippen molar-refractivity contribution in [3.05, 3.63) is 94.0 Å². The number of hydrazone groups is 1. The van der Waals surface area contributed by atoms with E-state index in [4.69, 9.17) is 27.9 Å². The van der Waals surface area contributed by atoms with Gasteiger partial charge < -0.3 is 4.74 Å². The number of halogens is 2. The van der Waals surface area contributed by atoms with Crippen LogP contribution in [0.2, 0.25) is 10.0 Å². The molecule has 0 amide bonds. The highest BCUT2D eigenvalue weighted by atomic mass is 35.5. The molecule has 0 aromatic heterocycles. The molecule has 144 valence electrons. The van der Waals surface area contributed by atoms with Crippen molar-refractivity contribution in [2.45, 2.75) is 11.5 Å². The smallest absolute Gasteiger partial charge is 0.276 e. The molecule has 0 atom stereocenters. The van der Waals surface area contributed by atoms with Gasteiger partial charge in [0.25, 0.3) is 10.0 Å². The molecule has 8 heteroatoms. The summed E-state index contributed by atoms with van der Waals surface area (Å²) in [6.45, 7) is 0.239. The number of rotatable bonds is 7. The third-order valence-corrected chi connectivity index (χ3v) is 5.71. The quantitative estimate of drug-likeness (QED) is 0.425. The standard InChI is InChI=1S/C20H16Cl2N2O3S/c21-19-7-4-8-20(22)18(19)14-27-16-11-9-15(10-12-16)13-23-24-28(25,26)17-5-2-1-3-6-17/h1-13,24H,14H2/b23-13-. The third kappa shape index (κ3) is 5.25. The summed E-state index contributed by atoms with van der Waals surface area (Å²) in [6, 6.07) is 20.3. The van der Waals surface area contributed by atoms with Crippen LogP contribution >= 0.6 is 23.2 Å². The molecule has 0 unspecified atom stereocenters. The molecule has 5 nitrogen and oxygen atoms in total. The second-order valence-electron chi connectivity index (χ2n) is 5.72. The molecule has 0 spiro atoms. The van der Waals surface area contributed by atoms with Crippen molar-refractivity contribution in [2.75, 3.05) is 0 Å². The van der Waals surface area contributed by atoms with Crippen LogP contribution < -0.4 is 9.57 Å². The monoisotopic (exact) mass is 434 g/mol. The van der Waals surface area contributed by atoms with Gasteiger partial charge in [-0.05, 0) is 54.1 Å². The van der Waals surface area contributed by atoms with E-state index >= 15 is 0 Å². The molecule has 0 aliphatic heterocycles. The molecule has 3 aromatic rings. The molecule has 3 rings (SSSR count). The lowest BCUT2D eigenvalue weighted by Gasteiger charge is -2.09. The van der Waals surface area contributed by atoms with Crippen molar-refractivity contribution in [1.82, 2.24) is 4.83 Å². The van der Waals surface area contributed by atoms with Gasteiger partial charge in [0.1, 0.15) is 12.4 Å². The van der Waals surface area contributed by atoms with E-state index in [1.54, 1.807) is 60.7 Å². The molecule has 0 heterocycles. The molecule has 0 aliphatic carbocycles. The summed E-state index contributed by atoms with van der Waals surface area (Å²) in [4.78, 5) is 2.33. The minimum atomic E-state index is -3.68. The molecular formula is C20H16Cl2N2O3S. The van der Waals surface area contributed by atoms with Gasteiger partial charge in [0.2, 0.25) is 0 Å². The summed E-state index contributed by atoms with van der Waals surface area (Å²) < 4.78 is 29.9. The van der Waals surface area contributed by atoms with Gasteiger partial charge >= 0.3 is 0 Å². The molecule has 0 saturated heterocycles. The molecular weight excluding hydrogens is 419 g/mol. The molecule has 0 radical (unpaired) electrons. The molecule has 28 heavy (non-hydrogen) atoms. The van der Waals surface area contributed by atoms with E-state index in [1.807, 2.05) is 0 Å². The fourth-order valence-corrected chi connectivity index (χ4v) is 3.62. The largest absolute Gasteiger partial charge is 0.489 e. The minimum Gasteiger partial charge on any atom is -0.489 e. The Kier molecular flexibility index (Phi) is 6.57. The van der Waals surface area contributed by atoms with Crippen LogP contribution in [-0.4, -0.2) is 14.6 Å². The highest BCUT2D eigenvalue weighted by molar-refractivity contribution is 7.89. The lowest BCUT2D eigenvalue weighted by atomic mass is 10.2. The Morgan fingerprint density at radius 2 is 1.54 bits per heavy atom. The van der Waals surface area contributed by atoms with Gasteiger partial charge in [-0.15, -0.1) is 0 Å². The zero-order valence-corrected chi connectivity index (χ0v) is 16.9. The first-order chi connectivity index (χ1) is 13.5. The number of nitrogens with zero attached hydrogens (tertiary/aromatic N) is 1. The number of hydrogen-bond donors (Lipinski definition) is 1. The van der Waals surface area contributed by atoms with Gasteiger partial charge in [0.15, 0.2) is 0 Å². The zero-order chi connectivity index (χ0) is 20.0. The Morgan fingerprint density at radius 3 is 2.18 bits per heavy atom. The predicted molar refractivity (Wildman–Crippen MR) is 112 cm³/mol. The van der Waals surface area contributed by atoms with E-state index in [1.165, 1.54) is 18.3 Å². The maximum Gasteiger partial charge on any atom is 0.276 e. The Balaban J connectivity index is 1.59. The van der Waals surface area contributed by atoms with Gasteiger partial charge in [0.05, 0.1) is 11.1 Å². The minimum absolute atomic E-state index is 0.147. The van der Waals surface area contributed by atoms with Gasteiger partial charge in [-0.25, -0.2) is 4.83 Å². The molecule has 3 aromatic carbocycles. The Hall–Kier alpha value is -2.54. The SMILES string of the molecule is O=S(=O)(N/N=C\c1ccc(OCc2c(Cl)cccc2Cl)cc1)c1ccccc1. The van der Waals surface area contributed by atoms with Crippen LogP contribution in [0.25, 0.3) is 0 Å². The van der Waals surface area contributed by atoms with E-state index in [-0.39, 0.29) is 11.5 Å². The zero-order valence-electron chi connectivity index (χ0n) is 14.5. The molecule has 1 N–H and O–H groups in total. The lowest BCUT2D eigenvalue weighted by Crippen LogP contribution is -2.18. The van der Waals surface area contributed by atoms with E-state index in [0.29, 0.717) is 26.9 Å². The molecule has 0 aliphatic rings. The average Bonchev–Trinajstić information content (AvgIpc) is 2.69. The fraction of sp³-hybridized carbons (Fsp3) is 0.0500. The summed E-state index contributed by atoms with van der Waals surface area (Å²) in [6.07, 6.45) is 1.41. The first-order valence-electron chi connectivity index (χ1n) is 8.21. The number of hydrogen-bond acceptors (Lipinski definition) is 4. The number of nitrogens with one attached hydrogen (secondary N) is 1. The van der Waals surface area contributed by atoms with Crippen LogP contribution in [0.15, 0.2) is 82.8 Å². The van der Waals surface area contributed by atoms with Crippen LogP contribution in [0.5, 0.6) is 5.75 Å². The first-order valence-corrected chi connectivity index (χ1v) is 10.5. The van der Waals surface area contributed by atoms with E-state index in [2.05, 4.69) is 9.93 Å². The van der Waals surface area contributed by atoms with Crippen molar-refractivity contribution >= 4 is 39.4 Å². The van der Waals surface area contributed by atoms with E-state index in [0.717, 1.165) is 0 Å². The maximum atomic E-state index is 12.1. The molecule has 0 bridgehead atoms. The Morgan fingerprint density at radius 1 is 0.893 bits per heavy atom. The van der Waals surface area contributed by atoms with Crippen molar-refractivity contribution in [3.8, 4) is 5.75 Å².